The van der Waals surface area contributed by atoms with Gasteiger partial charge >= 0.3 is 6.03 Å². The molecular weight excluding hydrogens is 314 g/mol. The van der Waals surface area contributed by atoms with Crippen LogP contribution in [0.1, 0.15) is 49.4 Å². The number of nitrogens with one attached hydrogen (secondary N) is 1. The van der Waals surface area contributed by atoms with Crippen LogP contribution in [0.25, 0.3) is 0 Å². The van der Waals surface area contributed by atoms with Gasteiger partial charge in [0.15, 0.2) is 0 Å². The first-order valence-corrected chi connectivity index (χ1v) is 9.56. The maximum absolute atomic E-state index is 12.8. The quantitative estimate of drug-likeness (QED) is 0.895. The molecule has 0 bridgehead atoms. The van der Waals surface area contributed by atoms with Crippen LogP contribution in [0.4, 0.5) is 4.79 Å². The zero-order chi connectivity index (χ0) is 17.4. The number of urea groups is 1. The molecule has 25 heavy (non-hydrogen) atoms. The van der Waals surface area contributed by atoms with Crippen LogP contribution in [0.5, 0.6) is 0 Å². The molecule has 2 atom stereocenters. The Kier molecular flexibility index (Phi) is 4.40. The number of carbonyl (C=O) groups excluding carboxylic acids is 2. The molecule has 1 N–H and O–H groups in total. The number of likely N-dealkylation sites (tertiary alicyclic amines) is 1. The molecule has 2 unspecified atom stereocenters. The van der Waals surface area contributed by atoms with Gasteiger partial charge in [-0.25, -0.2) is 4.79 Å². The van der Waals surface area contributed by atoms with Crippen molar-refractivity contribution in [3.8, 4) is 0 Å². The summed E-state index contributed by atoms with van der Waals surface area (Å²) in [4.78, 5) is 29.3. The summed E-state index contributed by atoms with van der Waals surface area (Å²) in [7, 11) is 0. The second-order valence-electron chi connectivity index (χ2n) is 7.77. The fourth-order valence-corrected chi connectivity index (χ4v) is 3.92. The highest BCUT2D eigenvalue weighted by Crippen LogP contribution is 2.39. The Labute approximate surface area is 149 Å². The van der Waals surface area contributed by atoms with E-state index in [0.717, 1.165) is 24.8 Å². The third-order valence-electron chi connectivity index (χ3n) is 5.74. The molecule has 4 rings (SSSR count). The molecule has 5 nitrogen and oxygen atoms in total. The lowest BCUT2D eigenvalue weighted by Crippen LogP contribution is -2.51. The number of nitrogens with zero attached hydrogens (tertiary/aromatic N) is 2. The van der Waals surface area contributed by atoms with Gasteiger partial charge in [-0.1, -0.05) is 18.2 Å². The Morgan fingerprint density at radius 2 is 1.84 bits per heavy atom. The topological polar surface area (TPSA) is 52.7 Å². The Balaban J connectivity index is 1.34. The van der Waals surface area contributed by atoms with Gasteiger partial charge < -0.3 is 15.1 Å². The fraction of sp³-hybridized carbons (Fsp3) is 0.600. The first kappa shape index (κ1) is 16.4. The number of amides is 3. The summed E-state index contributed by atoms with van der Waals surface area (Å²) >= 11 is 0. The molecule has 0 spiro atoms. The van der Waals surface area contributed by atoms with Crippen molar-refractivity contribution in [2.24, 2.45) is 5.92 Å². The second kappa shape index (κ2) is 6.70. The Morgan fingerprint density at radius 3 is 2.48 bits per heavy atom. The SMILES string of the molecule is CC(C1CC1)N(C(=O)NC1CCN(C(=O)c2ccccc2)C1)C1CC1. The number of hydrogen-bond donors (Lipinski definition) is 1. The normalized spacial score (nSPS) is 24.0. The van der Waals surface area contributed by atoms with Crippen LogP contribution < -0.4 is 5.32 Å². The maximum atomic E-state index is 12.8. The standard InChI is InChI=1S/C20H27N3O2/c1-14(15-7-8-15)23(18-9-10-18)20(25)21-17-11-12-22(13-17)19(24)16-5-3-2-4-6-16/h2-6,14-15,17-18H,7-13H2,1H3,(H,21,25). The summed E-state index contributed by atoms with van der Waals surface area (Å²) in [5, 5.41) is 3.19. The van der Waals surface area contributed by atoms with Crippen LogP contribution in [0, 0.1) is 5.92 Å². The average Bonchev–Trinajstić information content (AvgIpc) is 3.54. The summed E-state index contributed by atoms with van der Waals surface area (Å²) < 4.78 is 0. The minimum Gasteiger partial charge on any atom is -0.337 e. The zero-order valence-electron chi connectivity index (χ0n) is 14.9. The second-order valence-corrected chi connectivity index (χ2v) is 7.77. The molecule has 134 valence electrons. The van der Waals surface area contributed by atoms with Crippen molar-refractivity contribution in [1.82, 2.24) is 15.1 Å². The van der Waals surface area contributed by atoms with E-state index in [0.29, 0.717) is 31.1 Å². The summed E-state index contributed by atoms with van der Waals surface area (Å²) in [6, 6.07) is 10.3. The first-order valence-electron chi connectivity index (χ1n) is 9.56. The van der Waals surface area contributed by atoms with Gasteiger partial charge in [-0.15, -0.1) is 0 Å². The Hall–Kier alpha value is -2.04. The van der Waals surface area contributed by atoms with Crippen molar-refractivity contribution in [2.45, 2.75) is 57.2 Å². The van der Waals surface area contributed by atoms with Crippen LogP contribution in [0.3, 0.4) is 0 Å². The van der Waals surface area contributed by atoms with E-state index < -0.39 is 0 Å². The number of carbonyl (C=O) groups is 2. The lowest BCUT2D eigenvalue weighted by Gasteiger charge is -2.31. The van der Waals surface area contributed by atoms with Crippen LogP contribution >= 0.6 is 0 Å². The van der Waals surface area contributed by atoms with E-state index in [2.05, 4.69) is 17.1 Å². The average molecular weight is 341 g/mol. The fourth-order valence-electron chi connectivity index (χ4n) is 3.92. The molecule has 0 radical (unpaired) electrons. The Morgan fingerprint density at radius 1 is 1.12 bits per heavy atom. The highest BCUT2D eigenvalue weighted by molar-refractivity contribution is 5.94. The minimum atomic E-state index is 0.0581. The minimum absolute atomic E-state index is 0.0581. The highest BCUT2D eigenvalue weighted by atomic mass is 16.2. The molecule has 2 aliphatic carbocycles. The molecule has 1 saturated heterocycles. The predicted octanol–water partition coefficient (Wildman–Crippen LogP) is 2.87. The van der Waals surface area contributed by atoms with Crippen molar-refractivity contribution < 1.29 is 9.59 Å². The van der Waals surface area contributed by atoms with E-state index in [9.17, 15) is 9.59 Å². The molecule has 2 saturated carbocycles. The number of rotatable bonds is 5. The van der Waals surface area contributed by atoms with Crippen LogP contribution in [0.15, 0.2) is 30.3 Å². The molecule has 1 aromatic carbocycles. The summed E-state index contributed by atoms with van der Waals surface area (Å²) in [5.74, 6) is 0.744. The van der Waals surface area contributed by atoms with Crippen LogP contribution in [-0.2, 0) is 0 Å². The van der Waals surface area contributed by atoms with Crippen LogP contribution in [-0.4, -0.2) is 53.0 Å². The highest BCUT2D eigenvalue weighted by Gasteiger charge is 2.42. The molecule has 5 heteroatoms. The summed E-state index contributed by atoms with van der Waals surface area (Å²) in [6.07, 6.45) is 5.60. The van der Waals surface area contributed by atoms with Gasteiger partial charge in [-0.2, -0.15) is 0 Å². The lowest BCUT2D eigenvalue weighted by atomic mass is 10.2. The van der Waals surface area contributed by atoms with Crippen LogP contribution in [0.2, 0.25) is 0 Å². The van der Waals surface area contributed by atoms with Crippen molar-refractivity contribution in [3.05, 3.63) is 35.9 Å². The zero-order valence-corrected chi connectivity index (χ0v) is 14.9. The lowest BCUT2D eigenvalue weighted by molar-refractivity contribution is 0.0788. The summed E-state index contributed by atoms with van der Waals surface area (Å²) in [6.45, 7) is 3.51. The molecular formula is C20H27N3O2. The van der Waals surface area contributed by atoms with Gasteiger partial charge in [-0.05, 0) is 57.1 Å². The van der Waals surface area contributed by atoms with E-state index >= 15 is 0 Å². The Bertz CT molecular complexity index is 640. The molecule has 3 aliphatic rings. The monoisotopic (exact) mass is 341 g/mol. The molecule has 3 amide bonds. The predicted molar refractivity (Wildman–Crippen MR) is 96.3 cm³/mol. The first-order chi connectivity index (χ1) is 12.1. The third kappa shape index (κ3) is 3.65. The van der Waals surface area contributed by atoms with Crippen molar-refractivity contribution in [2.75, 3.05) is 13.1 Å². The van der Waals surface area contributed by atoms with E-state index in [1.165, 1.54) is 12.8 Å². The van der Waals surface area contributed by atoms with Crippen molar-refractivity contribution >= 4 is 11.9 Å². The molecule has 1 aliphatic heterocycles. The van der Waals surface area contributed by atoms with E-state index in [1.807, 2.05) is 35.2 Å². The summed E-state index contributed by atoms with van der Waals surface area (Å²) in [5.41, 5.74) is 0.719. The van der Waals surface area contributed by atoms with Gasteiger partial charge in [0, 0.05) is 36.8 Å². The van der Waals surface area contributed by atoms with Gasteiger partial charge in [0.25, 0.3) is 5.91 Å². The largest absolute Gasteiger partial charge is 0.337 e. The van der Waals surface area contributed by atoms with E-state index in [-0.39, 0.29) is 18.0 Å². The van der Waals surface area contributed by atoms with Gasteiger partial charge in [-0.3, -0.25) is 4.79 Å². The number of hydrogen-bond acceptors (Lipinski definition) is 2. The van der Waals surface area contributed by atoms with Gasteiger partial charge in [0.1, 0.15) is 0 Å². The number of benzene rings is 1. The van der Waals surface area contributed by atoms with E-state index in [4.69, 9.17) is 0 Å². The smallest absolute Gasteiger partial charge is 0.318 e. The van der Waals surface area contributed by atoms with Gasteiger partial charge in [0.05, 0.1) is 0 Å². The van der Waals surface area contributed by atoms with E-state index in [1.54, 1.807) is 0 Å². The molecule has 3 fully saturated rings. The molecule has 1 aromatic rings. The van der Waals surface area contributed by atoms with Crippen molar-refractivity contribution in [3.63, 3.8) is 0 Å². The van der Waals surface area contributed by atoms with Crippen molar-refractivity contribution in [1.29, 1.82) is 0 Å². The molecule has 0 aromatic heterocycles. The third-order valence-corrected chi connectivity index (χ3v) is 5.74. The van der Waals surface area contributed by atoms with Gasteiger partial charge in [0.2, 0.25) is 0 Å². The molecule has 1 heterocycles. The maximum Gasteiger partial charge on any atom is 0.318 e.